The third-order valence-corrected chi connectivity index (χ3v) is 6.76. The Morgan fingerprint density at radius 3 is 2.80 bits per heavy atom. The Morgan fingerprint density at radius 1 is 1.14 bits per heavy atom. The van der Waals surface area contributed by atoms with Crippen molar-refractivity contribution in [3.8, 4) is 11.1 Å². The number of amides is 1. The van der Waals surface area contributed by atoms with Crippen molar-refractivity contribution < 1.29 is 19.4 Å². The van der Waals surface area contributed by atoms with Crippen LogP contribution < -0.4 is 5.32 Å². The molecule has 1 aliphatic heterocycles. The number of carbonyl (C=O) groups excluding carboxylic acids is 1. The van der Waals surface area contributed by atoms with Crippen LogP contribution >= 0.6 is 0 Å². The van der Waals surface area contributed by atoms with E-state index in [9.17, 15) is 9.90 Å². The van der Waals surface area contributed by atoms with Crippen LogP contribution in [0.2, 0.25) is 0 Å². The number of aliphatic hydroxyl groups excluding tert-OH is 1. The molecule has 2 aliphatic rings. The third kappa shape index (κ3) is 4.85. The van der Waals surface area contributed by atoms with Crippen LogP contribution in [0.5, 0.6) is 0 Å². The van der Waals surface area contributed by atoms with Gasteiger partial charge in [-0.3, -0.25) is 9.78 Å². The number of anilines is 1. The molecule has 1 aromatic heterocycles. The van der Waals surface area contributed by atoms with Gasteiger partial charge in [-0.25, -0.2) is 0 Å². The highest BCUT2D eigenvalue weighted by atomic mass is 16.7. The van der Waals surface area contributed by atoms with E-state index in [1.54, 1.807) is 24.5 Å². The number of hydrogen-bond acceptors (Lipinski definition) is 5. The highest BCUT2D eigenvalue weighted by molar-refractivity contribution is 6.02. The van der Waals surface area contributed by atoms with Gasteiger partial charge in [0.1, 0.15) is 0 Å². The van der Waals surface area contributed by atoms with Crippen molar-refractivity contribution in [2.24, 2.45) is 5.92 Å². The van der Waals surface area contributed by atoms with Crippen molar-refractivity contribution in [1.82, 2.24) is 4.98 Å². The predicted octanol–water partition coefficient (Wildman–Crippen LogP) is 5.04. The number of allylic oxidation sites excluding steroid dienone is 1. The Labute approximate surface area is 205 Å². The molecule has 5 rings (SSSR count). The Kier molecular flexibility index (Phi) is 6.93. The molecule has 0 unspecified atom stereocenters. The number of pyridine rings is 1. The van der Waals surface area contributed by atoms with Crippen molar-refractivity contribution in [2.75, 3.05) is 18.5 Å². The van der Waals surface area contributed by atoms with Gasteiger partial charge >= 0.3 is 0 Å². The van der Waals surface area contributed by atoms with E-state index in [1.165, 1.54) is 22.3 Å². The predicted molar refractivity (Wildman–Crippen MR) is 135 cm³/mol. The summed E-state index contributed by atoms with van der Waals surface area (Å²) in [5.41, 5.74) is 6.91. The first-order valence-corrected chi connectivity index (χ1v) is 12.2. The molecule has 0 bridgehead atoms. The van der Waals surface area contributed by atoms with Gasteiger partial charge < -0.3 is 19.9 Å². The maximum atomic E-state index is 13.1. The zero-order chi connectivity index (χ0) is 24.2. The number of aliphatic hydroxyl groups is 1. The number of carbonyl (C=O) groups is 1. The van der Waals surface area contributed by atoms with Gasteiger partial charge in [-0.15, -0.1) is 0 Å². The molecule has 3 atom stereocenters. The van der Waals surface area contributed by atoms with E-state index >= 15 is 0 Å². The molecular weight excluding hydrogens is 440 g/mol. The Hall–Kier alpha value is -3.48. The molecule has 1 aliphatic carbocycles. The lowest BCUT2D eigenvalue weighted by Gasteiger charge is -2.37. The maximum Gasteiger partial charge on any atom is 0.290 e. The largest absolute Gasteiger partial charge is 0.459 e. The topological polar surface area (TPSA) is 80.7 Å². The SMILES string of the molecule is CCO[C@@H]1OC(C(=O)Nc2cccnc2)=C[C@H](c2ccc3c(c2)Cc2ccccc2-3)[C@@H]1CCCO. The maximum absolute atomic E-state index is 13.1. The van der Waals surface area contributed by atoms with Crippen molar-refractivity contribution in [3.63, 3.8) is 0 Å². The molecule has 6 nitrogen and oxygen atoms in total. The van der Waals surface area contributed by atoms with E-state index in [4.69, 9.17) is 9.47 Å². The molecular formula is C29H30N2O4. The van der Waals surface area contributed by atoms with E-state index < -0.39 is 6.29 Å². The average molecular weight is 471 g/mol. The number of nitrogens with one attached hydrogen (secondary N) is 1. The summed E-state index contributed by atoms with van der Waals surface area (Å²) in [4.78, 5) is 17.2. The summed E-state index contributed by atoms with van der Waals surface area (Å²) >= 11 is 0. The van der Waals surface area contributed by atoms with Gasteiger partial charge in [-0.2, -0.15) is 0 Å². The average Bonchev–Trinajstić information content (AvgIpc) is 3.26. The number of aromatic nitrogens is 1. The molecule has 0 saturated carbocycles. The first-order valence-electron chi connectivity index (χ1n) is 12.2. The van der Waals surface area contributed by atoms with Crippen molar-refractivity contribution >= 4 is 11.6 Å². The number of ether oxygens (including phenoxy) is 2. The fourth-order valence-corrected chi connectivity index (χ4v) is 5.15. The van der Waals surface area contributed by atoms with Crippen LogP contribution in [-0.2, 0) is 20.7 Å². The van der Waals surface area contributed by atoms with Crippen LogP contribution in [0.15, 0.2) is 78.8 Å². The molecule has 1 amide bonds. The summed E-state index contributed by atoms with van der Waals surface area (Å²) in [7, 11) is 0. The first kappa shape index (κ1) is 23.3. The molecule has 0 fully saturated rings. The summed E-state index contributed by atoms with van der Waals surface area (Å²) in [6, 6.07) is 18.7. The molecule has 0 saturated heterocycles. The molecule has 35 heavy (non-hydrogen) atoms. The van der Waals surface area contributed by atoms with Gasteiger partial charge in [-0.05, 0) is 72.2 Å². The molecule has 6 heteroatoms. The number of hydrogen-bond donors (Lipinski definition) is 2. The minimum Gasteiger partial charge on any atom is -0.459 e. The Morgan fingerprint density at radius 2 is 2.00 bits per heavy atom. The van der Waals surface area contributed by atoms with Crippen LogP contribution in [0.3, 0.4) is 0 Å². The second-order valence-corrected chi connectivity index (χ2v) is 8.97. The fourth-order valence-electron chi connectivity index (χ4n) is 5.15. The van der Waals surface area contributed by atoms with Gasteiger partial charge in [0.15, 0.2) is 5.76 Å². The second-order valence-electron chi connectivity index (χ2n) is 8.97. The first-order chi connectivity index (χ1) is 17.2. The van der Waals surface area contributed by atoms with Crippen molar-refractivity contribution in [2.45, 2.75) is 38.4 Å². The summed E-state index contributed by atoms with van der Waals surface area (Å²) in [5, 5.41) is 12.4. The number of benzene rings is 2. The van der Waals surface area contributed by atoms with Crippen LogP contribution in [0, 0.1) is 5.92 Å². The third-order valence-electron chi connectivity index (χ3n) is 6.76. The van der Waals surface area contributed by atoms with Gasteiger partial charge in [0, 0.05) is 31.2 Å². The molecule has 2 N–H and O–H groups in total. The fraction of sp³-hybridized carbons (Fsp3) is 0.310. The van der Waals surface area contributed by atoms with Crippen molar-refractivity contribution in [1.29, 1.82) is 0 Å². The molecule has 0 spiro atoms. The van der Waals surface area contributed by atoms with Gasteiger partial charge in [0.05, 0.1) is 11.9 Å². The lowest BCUT2D eigenvalue weighted by atomic mass is 9.80. The highest BCUT2D eigenvalue weighted by Gasteiger charge is 2.38. The Balaban J connectivity index is 1.50. The van der Waals surface area contributed by atoms with E-state index in [1.807, 2.05) is 13.0 Å². The highest BCUT2D eigenvalue weighted by Crippen LogP contribution is 2.43. The Bertz CT molecular complexity index is 1220. The monoisotopic (exact) mass is 470 g/mol. The van der Waals surface area contributed by atoms with E-state index in [0.717, 1.165) is 18.4 Å². The second kappa shape index (κ2) is 10.4. The number of nitrogens with zero attached hydrogens (tertiary/aromatic N) is 1. The summed E-state index contributed by atoms with van der Waals surface area (Å²) < 4.78 is 12.1. The van der Waals surface area contributed by atoms with E-state index in [-0.39, 0.29) is 30.1 Å². The standard InChI is InChI=1S/C29H30N2O4/c1-2-34-29-25(10-6-14-32)26(17-27(35-29)28(33)31-22-8-5-13-30-18-22)20-11-12-24-21(16-20)15-19-7-3-4-9-23(19)24/h3-5,7-9,11-13,16-18,25-26,29,32H,2,6,10,14-15H2,1H3,(H,31,33)/t25-,26+,29+/m0/s1. The quantitative estimate of drug-likeness (QED) is 0.377. The lowest BCUT2D eigenvalue weighted by Crippen LogP contribution is -2.37. The normalized spacial score (nSPS) is 20.4. The molecule has 2 heterocycles. The molecule has 0 radical (unpaired) electrons. The molecule has 2 aromatic carbocycles. The van der Waals surface area contributed by atoms with E-state index in [2.05, 4.69) is 52.8 Å². The van der Waals surface area contributed by atoms with Crippen LogP contribution in [0.1, 0.15) is 42.4 Å². The summed E-state index contributed by atoms with van der Waals surface area (Å²) in [5.74, 6) is -0.211. The van der Waals surface area contributed by atoms with E-state index in [0.29, 0.717) is 18.7 Å². The number of rotatable bonds is 8. The van der Waals surface area contributed by atoms with Crippen LogP contribution in [0.25, 0.3) is 11.1 Å². The molecule has 3 aromatic rings. The lowest BCUT2D eigenvalue weighted by molar-refractivity contribution is -0.165. The van der Waals surface area contributed by atoms with Gasteiger partial charge in [-0.1, -0.05) is 42.5 Å². The van der Waals surface area contributed by atoms with Gasteiger partial charge in [0.2, 0.25) is 6.29 Å². The van der Waals surface area contributed by atoms with Crippen LogP contribution in [-0.4, -0.2) is 35.5 Å². The number of fused-ring (bicyclic) bond motifs is 3. The summed E-state index contributed by atoms with van der Waals surface area (Å²) in [6.45, 7) is 2.48. The summed E-state index contributed by atoms with van der Waals surface area (Å²) in [6.07, 6.45) is 6.84. The van der Waals surface area contributed by atoms with Gasteiger partial charge in [0.25, 0.3) is 5.91 Å². The minimum atomic E-state index is -0.582. The smallest absolute Gasteiger partial charge is 0.290 e. The zero-order valence-corrected chi connectivity index (χ0v) is 19.8. The minimum absolute atomic E-state index is 0.0288. The van der Waals surface area contributed by atoms with Crippen molar-refractivity contribution in [3.05, 3.63) is 95.5 Å². The van der Waals surface area contributed by atoms with Crippen LogP contribution in [0.4, 0.5) is 5.69 Å². The molecule has 180 valence electrons. The zero-order valence-electron chi connectivity index (χ0n) is 19.8.